The van der Waals surface area contributed by atoms with Gasteiger partial charge in [0.15, 0.2) is 5.78 Å². The Balaban J connectivity index is 1.35. The van der Waals surface area contributed by atoms with Gasteiger partial charge >= 0.3 is 0 Å². The maximum absolute atomic E-state index is 12.6. The normalized spacial score (nSPS) is 11.0. The van der Waals surface area contributed by atoms with E-state index >= 15 is 0 Å². The molecule has 9 heteroatoms. The van der Waals surface area contributed by atoms with Gasteiger partial charge in [-0.2, -0.15) is 0 Å². The lowest BCUT2D eigenvalue weighted by molar-refractivity contribution is 0.00361. The Kier molecular flexibility index (Phi) is 10.1. The maximum atomic E-state index is 12.6. The highest BCUT2D eigenvalue weighted by Gasteiger charge is 2.11. The number of ether oxygens (including phenoxy) is 4. The summed E-state index contributed by atoms with van der Waals surface area (Å²) < 4.78 is 21.5. The minimum absolute atomic E-state index is 0.0101. The average Bonchev–Trinajstić information content (AvgIpc) is 3.27. The van der Waals surface area contributed by atoms with Gasteiger partial charge in [0.05, 0.1) is 46.2 Å². The summed E-state index contributed by atoms with van der Waals surface area (Å²) in [4.78, 5) is 27.2. The highest BCUT2D eigenvalue weighted by molar-refractivity contribution is 6.06. The van der Waals surface area contributed by atoms with Gasteiger partial charge in [0.1, 0.15) is 18.1 Å². The van der Waals surface area contributed by atoms with Gasteiger partial charge in [0, 0.05) is 22.2 Å². The molecule has 0 fully saturated rings. The molecule has 0 unspecified atom stereocenters. The third-order valence-electron chi connectivity index (χ3n) is 4.86. The molecule has 0 radical (unpaired) electrons. The van der Waals surface area contributed by atoms with E-state index < -0.39 is 0 Å². The van der Waals surface area contributed by atoms with Gasteiger partial charge in [-0.05, 0) is 55.5 Å². The average molecular weight is 471 g/mol. The molecule has 0 saturated heterocycles. The van der Waals surface area contributed by atoms with Gasteiger partial charge in [-0.1, -0.05) is 0 Å². The number of hydrogen-bond acceptors (Lipinski definition) is 7. The summed E-state index contributed by atoms with van der Waals surface area (Å²) in [6.45, 7) is 4.49. The number of carbonyl (C=O) groups is 2. The number of Topliss-reactive ketones (excluding diaryl/α,β-unsaturated/α-hetero) is 1. The van der Waals surface area contributed by atoms with Crippen molar-refractivity contribution in [2.45, 2.75) is 6.92 Å². The van der Waals surface area contributed by atoms with Crippen molar-refractivity contribution in [1.29, 1.82) is 0 Å². The highest BCUT2D eigenvalue weighted by Crippen LogP contribution is 2.20. The number of H-pyrrole nitrogens is 1. The summed E-state index contributed by atoms with van der Waals surface area (Å²) >= 11 is 0. The van der Waals surface area contributed by atoms with Crippen LogP contribution < -0.4 is 10.1 Å². The van der Waals surface area contributed by atoms with E-state index in [1.807, 2.05) is 0 Å². The van der Waals surface area contributed by atoms with E-state index in [9.17, 15) is 9.59 Å². The predicted octanol–water partition coefficient (Wildman–Crippen LogP) is 3.04. The second-order valence-electron chi connectivity index (χ2n) is 7.43. The number of aromatic amines is 1. The Bertz CT molecular complexity index is 1060. The number of amides is 1. The molecule has 0 atom stereocenters. The summed E-state index contributed by atoms with van der Waals surface area (Å²) in [5.74, 6) is 0.375. The Labute approximate surface area is 198 Å². The quantitative estimate of drug-likeness (QED) is 0.231. The monoisotopic (exact) mass is 470 g/mol. The van der Waals surface area contributed by atoms with Crippen molar-refractivity contribution in [2.24, 2.45) is 0 Å². The number of aliphatic hydroxyl groups excluding tert-OH is 1. The van der Waals surface area contributed by atoms with Crippen LogP contribution in [0.25, 0.3) is 10.9 Å². The molecule has 0 spiro atoms. The number of aromatic nitrogens is 1. The molecule has 1 heterocycles. The van der Waals surface area contributed by atoms with E-state index in [1.165, 1.54) is 6.92 Å². The molecule has 0 saturated carbocycles. The zero-order chi connectivity index (χ0) is 24.2. The number of benzene rings is 2. The number of fused-ring (bicyclic) bond motifs is 1. The molecule has 182 valence electrons. The molecular formula is C25H30N2O7. The van der Waals surface area contributed by atoms with Crippen molar-refractivity contribution in [3.05, 3.63) is 59.8 Å². The summed E-state index contributed by atoms with van der Waals surface area (Å²) in [5, 5.41) is 12.2. The number of aliphatic hydroxyl groups is 1. The fourth-order valence-electron chi connectivity index (χ4n) is 3.13. The highest BCUT2D eigenvalue weighted by atomic mass is 16.6. The molecular weight excluding hydrogens is 440 g/mol. The third kappa shape index (κ3) is 7.96. The Morgan fingerprint density at radius 2 is 1.50 bits per heavy atom. The van der Waals surface area contributed by atoms with Crippen LogP contribution in [0.4, 0.5) is 5.69 Å². The summed E-state index contributed by atoms with van der Waals surface area (Å²) in [6.07, 6.45) is 0. The second kappa shape index (κ2) is 13.5. The number of hydrogen-bond donors (Lipinski definition) is 3. The lowest BCUT2D eigenvalue weighted by Gasteiger charge is -2.09. The first-order valence-corrected chi connectivity index (χ1v) is 11.1. The van der Waals surface area contributed by atoms with Crippen LogP contribution in [0, 0.1) is 0 Å². The van der Waals surface area contributed by atoms with Gasteiger partial charge in [-0.25, -0.2) is 0 Å². The van der Waals surface area contributed by atoms with Crippen molar-refractivity contribution < 1.29 is 33.6 Å². The molecule has 3 rings (SSSR count). The van der Waals surface area contributed by atoms with Crippen LogP contribution in [0.1, 0.15) is 27.8 Å². The number of carbonyl (C=O) groups excluding carboxylic acids is 2. The van der Waals surface area contributed by atoms with Crippen LogP contribution in [-0.2, 0) is 14.2 Å². The molecule has 3 aromatic rings. The standard InChI is InChI=1S/C25H30N2O7/c1-18(29)19-2-7-23-20(16-19)17-24(27-23)25(30)26-21-3-5-22(6-4-21)34-15-14-33-13-12-32-11-10-31-9-8-28/h2-7,16-17,27-28H,8-15H2,1H3,(H,26,30). The lowest BCUT2D eigenvalue weighted by Crippen LogP contribution is -2.13. The minimum Gasteiger partial charge on any atom is -0.491 e. The molecule has 2 aromatic carbocycles. The molecule has 0 aliphatic rings. The van der Waals surface area contributed by atoms with Crippen LogP contribution in [0.3, 0.4) is 0 Å². The number of anilines is 1. The van der Waals surface area contributed by atoms with Crippen molar-refractivity contribution in [2.75, 3.05) is 58.2 Å². The molecule has 3 N–H and O–H groups in total. The first-order chi connectivity index (χ1) is 16.6. The Morgan fingerprint density at radius 3 is 2.15 bits per heavy atom. The topological polar surface area (TPSA) is 119 Å². The van der Waals surface area contributed by atoms with E-state index in [4.69, 9.17) is 24.1 Å². The van der Waals surface area contributed by atoms with Crippen LogP contribution >= 0.6 is 0 Å². The first kappa shape index (κ1) is 25.4. The van der Waals surface area contributed by atoms with Crippen molar-refractivity contribution in [1.82, 2.24) is 4.98 Å². The third-order valence-corrected chi connectivity index (χ3v) is 4.86. The maximum Gasteiger partial charge on any atom is 0.272 e. The predicted molar refractivity (Wildman–Crippen MR) is 128 cm³/mol. The molecule has 34 heavy (non-hydrogen) atoms. The van der Waals surface area contributed by atoms with E-state index in [0.29, 0.717) is 68.9 Å². The first-order valence-electron chi connectivity index (χ1n) is 11.1. The second-order valence-corrected chi connectivity index (χ2v) is 7.43. The van der Waals surface area contributed by atoms with Crippen LogP contribution in [0.2, 0.25) is 0 Å². The molecule has 0 bridgehead atoms. The van der Waals surface area contributed by atoms with Gasteiger partial charge in [-0.3, -0.25) is 9.59 Å². The van der Waals surface area contributed by atoms with Gasteiger partial charge < -0.3 is 34.4 Å². The van der Waals surface area contributed by atoms with Crippen molar-refractivity contribution in [3.63, 3.8) is 0 Å². The molecule has 0 aliphatic heterocycles. The largest absolute Gasteiger partial charge is 0.491 e. The van der Waals surface area contributed by atoms with E-state index in [1.54, 1.807) is 48.5 Å². The lowest BCUT2D eigenvalue weighted by atomic mass is 10.1. The van der Waals surface area contributed by atoms with E-state index in [2.05, 4.69) is 10.3 Å². The zero-order valence-electron chi connectivity index (χ0n) is 19.2. The summed E-state index contributed by atoms with van der Waals surface area (Å²) in [5.41, 5.74) is 2.44. The van der Waals surface area contributed by atoms with Crippen LogP contribution in [0.5, 0.6) is 5.75 Å². The van der Waals surface area contributed by atoms with E-state index in [-0.39, 0.29) is 18.3 Å². The summed E-state index contributed by atoms with van der Waals surface area (Å²) in [7, 11) is 0. The molecule has 1 amide bonds. The van der Waals surface area contributed by atoms with Crippen LogP contribution in [-0.4, -0.2) is 74.6 Å². The minimum atomic E-state index is -0.273. The fraction of sp³-hybridized carbons (Fsp3) is 0.360. The van der Waals surface area contributed by atoms with Crippen molar-refractivity contribution >= 4 is 28.3 Å². The Morgan fingerprint density at radius 1 is 0.853 bits per heavy atom. The number of rotatable bonds is 15. The van der Waals surface area contributed by atoms with E-state index in [0.717, 1.165) is 10.9 Å². The van der Waals surface area contributed by atoms with Crippen molar-refractivity contribution in [3.8, 4) is 5.75 Å². The van der Waals surface area contributed by atoms with Gasteiger partial charge in [-0.15, -0.1) is 0 Å². The SMILES string of the molecule is CC(=O)c1ccc2[nH]c(C(=O)Nc3ccc(OCCOCCOCCOCCO)cc3)cc2c1. The molecule has 0 aliphatic carbocycles. The summed E-state index contributed by atoms with van der Waals surface area (Å²) in [6, 6.07) is 14.1. The van der Waals surface area contributed by atoms with Gasteiger partial charge in [0.25, 0.3) is 5.91 Å². The fourth-order valence-corrected chi connectivity index (χ4v) is 3.13. The smallest absolute Gasteiger partial charge is 0.272 e. The Hall–Kier alpha value is -3.24. The molecule has 9 nitrogen and oxygen atoms in total. The number of nitrogens with one attached hydrogen (secondary N) is 2. The van der Waals surface area contributed by atoms with Gasteiger partial charge in [0.2, 0.25) is 0 Å². The zero-order valence-corrected chi connectivity index (χ0v) is 19.2. The molecule has 1 aromatic heterocycles. The number of ketones is 1. The van der Waals surface area contributed by atoms with Crippen LogP contribution in [0.15, 0.2) is 48.5 Å².